The second-order valence-corrected chi connectivity index (χ2v) is 6.30. The summed E-state index contributed by atoms with van der Waals surface area (Å²) >= 11 is 0. The van der Waals surface area contributed by atoms with E-state index in [-0.39, 0.29) is 10.6 Å². The van der Waals surface area contributed by atoms with Crippen LogP contribution < -0.4 is 0 Å². The van der Waals surface area contributed by atoms with Gasteiger partial charge in [0, 0.05) is 31.6 Å². The average Bonchev–Trinajstić information content (AvgIpc) is 2.99. The summed E-state index contributed by atoms with van der Waals surface area (Å²) in [6.07, 6.45) is 0.710. The molecular formula is C20H24N4O2. The smallest absolute Gasteiger partial charge is 0.271 e. The van der Waals surface area contributed by atoms with Crippen LogP contribution in [-0.2, 0) is 13.0 Å². The molecule has 0 unspecified atom stereocenters. The molecule has 6 heteroatoms. The van der Waals surface area contributed by atoms with Crippen LogP contribution in [0.15, 0.2) is 48.5 Å². The topological polar surface area (TPSA) is 64.2 Å². The Hall–Kier alpha value is -2.73. The number of likely N-dealkylation sites (N-methyl/N-ethyl adjacent to an activating group) is 1. The first kappa shape index (κ1) is 18.1. The first-order valence-electron chi connectivity index (χ1n) is 9.02. The highest BCUT2D eigenvalue weighted by atomic mass is 16.6. The number of aromatic nitrogens is 2. The first-order valence-corrected chi connectivity index (χ1v) is 9.02. The zero-order chi connectivity index (χ0) is 18.5. The summed E-state index contributed by atoms with van der Waals surface area (Å²) in [7, 11) is 0. The number of hydrogen-bond acceptors (Lipinski definition) is 4. The van der Waals surface area contributed by atoms with E-state index in [1.807, 2.05) is 24.3 Å². The molecule has 136 valence electrons. The second-order valence-electron chi connectivity index (χ2n) is 6.30. The molecule has 0 spiro atoms. The van der Waals surface area contributed by atoms with Crippen molar-refractivity contribution in [1.29, 1.82) is 0 Å². The van der Waals surface area contributed by atoms with Crippen LogP contribution in [0.4, 0.5) is 5.69 Å². The molecule has 3 rings (SSSR count). The highest BCUT2D eigenvalue weighted by Gasteiger charge is 2.15. The predicted octanol–water partition coefficient (Wildman–Crippen LogP) is 3.88. The number of imidazole rings is 1. The minimum Gasteiger partial charge on any atom is -0.326 e. The molecule has 0 amide bonds. The fraction of sp³-hybridized carbons (Fsp3) is 0.350. The van der Waals surface area contributed by atoms with Crippen molar-refractivity contribution >= 4 is 16.7 Å². The lowest BCUT2D eigenvalue weighted by Crippen LogP contribution is -2.27. The highest BCUT2D eigenvalue weighted by Crippen LogP contribution is 2.23. The fourth-order valence-electron chi connectivity index (χ4n) is 3.23. The highest BCUT2D eigenvalue weighted by molar-refractivity contribution is 5.78. The zero-order valence-corrected chi connectivity index (χ0v) is 15.3. The Bertz CT molecular complexity index is 885. The monoisotopic (exact) mass is 352 g/mol. The molecule has 6 nitrogen and oxygen atoms in total. The Kier molecular flexibility index (Phi) is 5.63. The third-order valence-corrected chi connectivity index (χ3v) is 4.76. The third kappa shape index (κ3) is 3.91. The van der Waals surface area contributed by atoms with E-state index in [9.17, 15) is 10.1 Å². The SMILES string of the molecule is CCN(CC)CCn1c(Cc2ccccc2)nc2cc([N+](=O)[O-])ccc21. The molecule has 2 aromatic carbocycles. The molecule has 0 aliphatic rings. The number of nitro benzene ring substituents is 1. The van der Waals surface area contributed by atoms with Gasteiger partial charge in [-0.05, 0) is 24.7 Å². The Labute approximate surface area is 153 Å². The molecule has 0 aliphatic carbocycles. The number of hydrogen-bond donors (Lipinski definition) is 0. The van der Waals surface area contributed by atoms with Gasteiger partial charge in [-0.1, -0.05) is 44.2 Å². The lowest BCUT2D eigenvalue weighted by Gasteiger charge is -2.19. The van der Waals surface area contributed by atoms with Gasteiger partial charge in [0.05, 0.1) is 16.0 Å². The standard InChI is InChI=1S/C20H24N4O2/c1-3-22(4-2)12-13-23-19-11-10-17(24(25)26)15-18(19)21-20(23)14-16-8-6-5-7-9-16/h5-11,15H,3-4,12-14H2,1-2H3. The molecular weight excluding hydrogens is 328 g/mol. The number of benzene rings is 2. The fourth-order valence-corrected chi connectivity index (χ4v) is 3.23. The molecule has 0 fully saturated rings. The summed E-state index contributed by atoms with van der Waals surface area (Å²) in [6.45, 7) is 8.06. The van der Waals surface area contributed by atoms with E-state index in [0.717, 1.165) is 37.5 Å². The molecule has 0 radical (unpaired) electrons. The van der Waals surface area contributed by atoms with Crippen LogP contribution in [-0.4, -0.2) is 39.0 Å². The summed E-state index contributed by atoms with van der Waals surface area (Å²) in [4.78, 5) is 17.8. The molecule has 26 heavy (non-hydrogen) atoms. The van der Waals surface area contributed by atoms with Gasteiger partial charge in [0.25, 0.3) is 5.69 Å². The molecule has 0 saturated heterocycles. The van der Waals surface area contributed by atoms with E-state index >= 15 is 0 Å². The molecule has 0 bridgehead atoms. The Morgan fingerprint density at radius 2 is 1.85 bits per heavy atom. The van der Waals surface area contributed by atoms with Crippen LogP contribution in [0.1, 0.15) is 25.2 Å². The van der Waals surface area contributed by atoms with Crippen LogP contribution in [0.5, 0.6) is 0 Å². The average molecular weight is 352 g/mol. The molecule has 3 aromatic rings. The van der Waals surface area contributed by atoms with Gasteiger partial charge in [-0.2, -0.15) is 0 Å². The first-order chi connectivity index (χ1) is 12.6. The normalized spacial score (nSPS) is 11.3. The van der Waals surface area contributed by atoms with Gasteiger partial charge < -0.3 is 9.47 Å². The predicted molar refractivity (Wildman–Crippen MR) is 103 cm³/mol. The maximum Gasteiger partial charge on any atom is 0.271 e. The quantitative estimate of drug-likeness (QED) is 0.456. The van der Waals surface area contributed by atoms with E-state index in [0.29, 0.717) is 11.9 Å². The Balaban J connectivity index is 1.99. The van der Waals surface area contributed by atoms with Crippen molar-refractivity contribution in [3.63, 3.8) is 0 Å². The Morgan fingerprint density at radius 1 is 1.12 bits per heavy atom. The number of non-ortho nitro benzene ring substituents is 1. The van der Waals surface area contributed by atoms with Crippen LogP contribution in [0.3, 0.4) is 0 Å². The van der Waals surface area contributed by atoms with Crippen molar-refractivity contribution in [3.05, 3.63) is 70.0 Å². The minimum atomic E-state index is -0.370. The van der Waals surface area contributed by atoms with E-state index in [4.69, 9.17) is 4.98 Å². The molecule has 0 aliphatic heterocycles. The van der Waals surface area contributed by atoms with Crippen LogP contribution in [0.25, 0.3) is 11.0 Å². The summed E-state index contributed by atoms with van der Waals surface area (Å²) in [5.74, 6) is 0.943. The lowest BCUT2D eigenvalue weighted by atomic mass is 10.1. The molecule has 1 heterocycles. The summed E-state index contributed by atoms with van der Waals surface area (Å²) in [6, 6.07) is 15.1. The lowest BCUT2D eigenvalue weighted by molar-refractivity contribution is -0.384. The van der Waals surface area contributed by atoms with Gasteiger partial charge in [-0.3, -0.25) is 10.1 Å². The van der Waals surface area contributed by atoms with Gasteiger partial charge >= 0.3 is 0 Å². The summed E-state index contributed by atoms with van der Waals surface area (Å²) < 4.78 is 2.20. The number of fused-ring (bicyclic) bond motifs is 1. The maximum atomic E-state index is 11.1. The van der Waals surface area contributed by atoms with E-state index in [2.05, 4.69) is 35.4 Å². The van der Waals surface area contributed by atoms with Gasteiger partial charge in [-0.25, -0.2) is 4.98 Å². The summed E-state index contributed by atoms with van der Waals surface area (Å²) in [5.41, 5.74) is 2.90. The van der Waals surface area contributed by atoms with E-state index < -0.39 is 0 Å². The van der Waals surface area contributed by atoms with Crippen molar-refractivity contribution in [2.45, 2.75) is 26.8 Å². The molecule has 0 atom stereocenters. The van der Waals surface area contributed by atoms with Crippen molar-refractivity contribution < 1.29 is 4.92 Å². The number of rotatable bonds is 8. The van der Waals surface area contributed by atoms with Gasteiger partial charge in [0.15, 0.2) is 0 Å². The third-order valence-electron chi connectivity index (χ3n) is 4.76. The van der Waals surface area contributed by atoms with Crippen molar-refractivity contribution in [1.82, 2.24) is 14.5 Å². The maximum absolute atomic E-state index is 11.1. The van der Waals surface area contributed by atoms with Gasteiger partial charge in [0.1, 0.15) is 5.82 Å². The number of nitro groups is 1. The molecule has 0 saturated carbocycles. The van der Waals surface area contributed by atoms with Gasteiger partial charge in [0.2, 0.25) is 0 Å². The van der Waals surface area contributed by atoms with Crippen molar-refractivity contribution in [2.24, 2.45) is 0 Å². The summed E-state index contributed by atoms with van der Waals surface area (Å²) in [5, 5.41) is 11.1. The Morgan fingerprint density at radius 3 is 2.50 bits per heavy atom. The van der Waals surface area contributed by atoms with Crippen LogP contribution >= 0.6 is 0 Å². The zero-order valence-electron chi connectivity index (χ0n) is 15.3. The van der Waals surface area contributed by atoms with Crippen molar-refractivity contribution in [2.75, 3.05) is 19.6 Å². The second kappa shape index (κ2) is 8.10. The van der Waals surface area contributed by atoms with E-state index in [1.165, 1.54) is 5.56 Å². The molecule has 1 aromatic heterocycles. The number of nitrogens with zero attached hydrogens (tertiary/aromatic N) is 4. The van der Waals surface area contributed by atoms with Crippen molar-refractivity contribution in [3.8, 4) is 0 Å². The van der Waals surface area contributed by atoms with Crippen LogP contribution in [0, 0.1) is 10.1 Å². The largest absolute Gasteiger partial charge is 0.326 e. The van der Waals surface area contributed by atoms with Crippen LogP contribution in [0.2, 0.25) is 0 Å². The minimum absolute atomic E-state index is 0.0807. The molecule has 0 N–H and O–H groups in total. The van der Waals surface area contributed by atoms with Gasteiger partial charge in [-0.15, -0.1) is 0 Å². The van der Waals surface area contributed by atoms with E-state index in [1.54, 1.807) is 12.1 Å².